The van der Waals surface area contributed by atoms with Crippen molar-refractivity contribution in [2.24, 2.45) is 0 Å². The Balaban J connectivity index is 2.17. The molecule has 1 heterocycles. The van der Waals surface area contributed by atoms with Gasteiger partial charge in [-0.3, -0.25) is 4.79 Å². The van der Waals surface area contributed by atoms with Crippen molar-refractivity contribution in [3.8, 4) is 0 Å². The second kappa shape index (κ2) is 6.93. The molecule has 0 bridgehead atoms. The zero-order valence-corrected chi connectivity index (χ0v) is 12.3. The molecule has 5 nitrogen and oxygen atoms in total. The molecule has 7 heteroatoms. The molecule has 0 atom stereocenters. The number of halogens is 2. The lowest BCUT2D eigenvalue weighted by molar-refractivity contribution is 0.102. The van der Waals surface area contributed by atoms with Gasteiger partial charge in [-0.1, -0.05) is 6.07 Å². The van der Waals surface area contributed by atoms with Gasteiger partial charge >= 0.3 is 0 Å². The Labute approximate surface area is 127 Å². The van der Waals surface area contributed by atoms with Gasteiger partial charge in [0.1, 0.15) is 28.8 Å². The van der Waals surface area contributed by atoms with Crippen molar-refractivity contribution in [2.75, 3.05) is 23.3 Å². The molecule has 0 saturated heterocycles. The van der Waals surface area contributed by atoms with Gasteiger partial charge in [0.05, 0.1) is 12.4 Å². The van der Waals surface area contributed by atoms with Gasteiger partial charge in [0.2, 0.25) is 0 Å². The summed E-state index contributed by atoms with van der Waals surface area (Å²) in [5.41, 5.74) is -0.513. The van der Waals surface area contributed by atoms with Gasteiger partial charge in [-0.05, 0) is 26.0 Å². The van der Waals surface area contributed by atoms with E-state index in [4.69, 9.17) is 0 Å². The number of carbonyl (C=O) groups is 1. The number of benzene rings is 1. The Hall–Kier alpha value is -2.57. The number of nitrogens with one attached hydrogen (secondary N) is 1. The van der Waals surface area contributed by atoms with E-state index in [1.807, 2.05) is 18.7 Å². The number of hydrogen-bond acceptors (Lipinski definition) is 4. The first-order valence-corrected chi connectivity index (χ1v) is 6.89. The molecule has 1 aromatic carbocycles. The maximum atomic E-state index is 13.5. The highest BCUT2D eigenvalue weighted by atomic mass is 19.1. The fraction of sp³-hybridized carbons (Fsp3) is 0.267. The summed E-state index contributed by atoms with van der Waals surface area (Å²) in [6, 6.07) is 3.35. The first kappa shape index (κ1) is 15.8. The van der Waals surface area contributed by atoms with Gasteiger partial charge in [-0.25, -0.2) is 18.7 Å². The zero-order chi connectivity index (χ0) is 16.1. The van der Waals surface area contributed by atoms with Crippen LogP contribution in [0.2, 0.25) is 0 Å². The molecular formula is C15H16F2N4O. The van der Waals surface area contributed by atoms with Crippen LogP contribution >= 0.6 is 0 Å². The lowest BCUT2D eigenvalue weighted by atomic mass is 10.2. The highest BCUT2D eigenvalue weighted by Gasteiger charge is 2.15. The van der Waals surface area contributed by atoms with Gasteiger partial charge in [0.15, 0.2) is 0 Å². The summed E-state index contributed by atoms with van der Waals surface area (Å²) >= 11 is 0. The molecule has 1 aromatic heterocycles. The van der Waals surface area contributed by atoms with E-state index in [0.717, 1.165) is 25.2 Å². The van der Waals surface area contributed by atoms with Crippen molar-refractivity contribution in [2.45, 2.75) is 13.8 Å². The molecule has 116 valence electrons. The number of amides is 1. The highest BCUT2D eigenvalue weighted by Crippen LogP contribution is 2.18. The number of hydrogen-bond donors (Lipinski definition) is 1. The van der Waals surface area contributed by atoms with E-state index < -0.39 is 23.2 Å². The van der Waals surface area contributed by atoms with E-state index >= 15 is 0 Å². The van der Waals surface area contributed by atoms with Crippen LogP contribution in [0.3, 0.4) is 0 Å². The molecule has 0 radical (unpaired) electrons. The number of nitrogens with zero attached hydrogens (tertiary/aromatic N) is 3. The molecular weight excluding hydrogens is 290 g/mol. The zero-order valence-electron chi connectivity index (χ0n) is 12.3. The summed E-state index contributed by atoms with van der Waals surface area (Å²) in [5.74, 6) is -1.77. The van der Waals surface area contributed by atoms with Crippen LogP contribution in [0.15, 0.2) is 30.6 Å². The smallest absolute Gasteiger partial charge is 0.276 e. The minimum absolute atomic E-state index is 0.0152. The maximum absolute atomic E-state index is 13.5. The van der Waals surface area contributed by atoms with Gasteiger partial charge in [-0.15, -0.1) is 0 Å². The van der Waals surface area contributed by atoms with Crippen LogP contribution < -0.4 is 10.2 Å². The van der Waals surface area contributed by atoms with Crippen molar-refractivity contribution in [1.29, 1.82) is 0 Å². The van der Waals surface area contributed by atoms with E-state index in [-0.39, 0.29) is 5.69 Å². The van der Waals surface area contributed by atoms with Crippen molar-refractivity contribution in [3.05, 3.63) is 47.9 Å². The van der Waals surface area contributed by atoms with Crippen LogP contribution in [0.25, 0.3) is 0 Å². The minimum atomic E-state index is -0.846. The first-order chi connectivity index (χ1) is 10.6. The fourth-order valence-corrected chi connectivity index (χ4v) is 1.94. The van der Waals surface area contributed by atoms with Crippen molar-refractivity contribution in [1.82, 2.24) is 9.97 Å². The molecule has 1 amide bonds. The monoisotopic (exact) mass is 306 g/mol. The van der Waals surface area contributed by atoms with E-state index in [1.165, 1.54) is 18.5 Å². The SMILES string of the molecule is CCN(CC)c1cnc(C(=O)Nc2c(F)cccc2F)cn1. The van der Waals surface area contributed by atoms with E-state index in [2.05, 4.69) is 15.3 Å². The second-order valence-electron chi connectivity index (χ2n) is 4.48. The third-order valence-electron chi connectivity index (χ3n) is 3.16. The Bertz CT molecular complexity index is 637. The average molecular weight is 306 g/mol. The summed E-state index contributed by atoms with van der Waals surface area (Å²) < 4.78 is 27.0. The van der Waals surface area contributed by atoms with Gasteiger partial charge < -0.3 is 10.2 Å². The van der Waals surface area contributed by atoms with Crippen LogP contribution in [-0.2, 0) is 0 Å². The molecule has 22 heavy (non-hydrogen) atoms. The van der Waals surface area contributed by atoms with Crippen LogP contribution in [0.4, 0.5) is 20.3 Å². The summed E-state index contributed by atoms with van der Waals surface area (Å²) in [6.07, 6.45) is 2.74. The Morgan fingerprint density at radius 1 is 1.14 bits per heavy atom. The molecule has 1 N–H and O–H groups in total. The van der Waals surface area contributed by atoms with Crippen LogP contribution in [0.1, 0.15) is 24.3 Å². The molecule has 0 aliphatic carbocycles. The lowest BCUT2D eigenvalue weighted by Gasteiger charge is -2.18. The second-order valence-corrected chi connectivity index (χ2v) is 4.48. The molecule has 0 aliphatic rings. The number of rotatable bonds is 5. The van der Waals surface area contributed by atoms with Crippen molar-refractivity contribution >= 4 is 17.4 Å². The molecule has 0 aliphatic heterocycles. The Kier molecular flexibility index (Phi) is 4.98. The summed E-state index contributed by atoms with van der Waals surface area (Å²) in [4.78, 5) is 22.1. The number of anilines is 2. The molecule has 0 fully saturated rings. The maximum Gasteiger partial charge on any atom is 0.276 e. The lowest BCUT2D eigenvalue weighted by Crippen LogP contribution is -2.24. The third kappa shape index (κ3) is 3.36. The Morgan fingerprint density at radius 2 is 1.77 bits per heavy atom. The van der Waals surface area contributed by atoms with Crippen LogP contribution in [0, 0.1) is 11.6 Å². The predicted octanol–water partition coefficient (Wildman–Crippen LogP) is 2.85. The summed E-state index contributed by atoms with van der Waals surface area (Å²) in [7, 11) is 0. The molecule has 2 aromatic rings. The molecule has 0 spiro atoms. The van der Waals surface area contributed by atoms with E-state index in [0.29, 0.717) is 5.82 Å². The van der Waals surface area contributed by atoms with Gasteiger partial charge in [0.25, 0.3) is 5.91 Å². The number of para-hydroxylation sites is 1. The third-order valence-corrected chi connectivity index (χ3v) is 3.16. The standard InChI is InChI=1S/C15H16F2N4O/c1-3-21(4-2)13-9-18-12(8-19-13)15(22)20-14-10(16)6-5-7-11(14)17/h5-9H,3-4H2,1-2H3,(H,20,22). The minimum Gasteiger partial charge on any atom is -0.356 e. The largest absolute Gasteiger partial charge is 0.356 e. The fourth-order valence-electron chi connectivity index (χ4n) is 1.94. The van der Waals surface area contributed by atoms with E-state index in [1.54, 1.807) is 0 Å². The van der Waals surface area contributed by atoms with Crippen molar-refractivity contribution in [3.63, 3.8) is 0 Å². The normalized spacial score (nSPS) is 10.4. The molecule has 0 saturated carbocycles. The van der Waals surface area contributed by atoms with Crippen molar-refractivity contribution < 1.29 is 13.6 Å². The molecule has 2 rings (SSSR count). The molecule has 0 unspecified atom stereocenters. The number of carbonyl (C=O) groups excluding carboxylic acids is 1. The Morgan fingerprint density at radius 3 is 2.27 bits per heavy atom. The highest BCUT2D eigenvalue weighted by molar-refractivity contribution is 6.02. The number of aromatic nitrogens is 2. The van der Waals surface area contributed by atoms with E-state index in [9.17, 15) is 13.6 Å². The summed E-state index contributed by atoms with van der Waals surface area (Å²) in [5, 5.41) is 2.17. The first-order valence-electron chi connectivity index (χ1n) is 6.89. The average Bonchev–Trinajstić information content (AvgIpc) is 2.53. The quantitative estimate of drug-likeness (QED) is 0.923. The van der Waals surface area contributed by atoms with Gasteiger partial charge in [0, 0.05) is 13.1 Å². The van der Waals surface area contributed by atoms with Gasteiger partial charge in [-0.2, -0.15) is 0 Å². The topological polar surface area (TPSA) is 58.1 Å². The van der Waals surface area contributed by atoms with Crippen LogP contribution in [0.5, 0.6) is 0 Å². The predicted molar refractivity (Wildman–Crippen MR) is 79.9 cm³/mol. The summed E-state index contributed by atoms with van der Waals surface area (Å²) in [6.45, 7) is 5.48. The van der Waals surface area contributed by atoms with Crippen LogP contribution in [-0.4, -0.2) is 29.0 Å².